The first kappa shape index (κ1) is 10.0. The fourth-order valence-corrected chi connectivity index (χ4v) is 5.41. The summed E-state index contributed by atoms with van der Waals surface area (Å²) in [7, 11) is 0. The third kappa shape index (κ3) is 4.23. The van der Waals surface area contributed by atoms with Crippen molar-refractivity contribution < 1.29 is 41.1 Å². The Balaban J connectivity index is 1.76. The Morgan fingerprint density at radius 3 is 1.41 bits per heavy atom. The maximum Gasteiger partial charge on any atom is 0.0636 e. The second kappa shape index (κ2) is 10.9. The Hall–Kier alpha value is -5.98. The van der Waals surface area contributed by atoms with Gasteiger partial charge in [0.05, 0.1) is 41.1 Å². The predicted octanol–water partition coefficient (Wildman–Crippen LogP) is 13.0. The summed E-state index contributed by atoms with van der Waals surface area (Å²) in [6.45, 7) is 0. The lowest BCUT2D eigenvalue weighted by Gasteiger charge is -2.21. The lowest BCUT2D eigenvalue weighted by molar-refractivity contribution is 1.60. The summed E-state index contributed by atoms with van der Waals surface area (Å²) < 4.78 is 272. The second-order valence-electron chi connectivity index (χ2n) is 9.75. The van der Waals surface area contributed by atoms with Gasteiger partial charge in [-0.15, -0.1) is 0 Å². The lowest BCUT2D eigenvalue weighted by Crippen LogP contribution is -1.94. The van der Waals surface area contributed by atoms with Gasteiger partial charge < -0.3 is 0 Å². The molecule has 0 radical (unpaired) electrons. The van der Waals surface area contributed by atoms with Gasteiger partial charge in [0.2, 0.25) is 0 Å². The van der Waals surface area contributed by atoms with Crippen LogP contribution in [0.3, 0.4) is 0 Å². The Morgan fingerprint density at radius 2 is 0.717 bits per heavy atom. The molecule has 0 aromatic heterocycles. The Morgan fingerprint density at radius 1 is 0.261 bits per heavy atom. The molecule has 0 aliphatic carbocycles. The molecule has 0 aliphatic rings. The van der Waals surface area contributed by atoms with Crippen molar-refractivity contribution in [2.45, 2.75) is 0 Å². The van der Waals surface area contributed by atoms with Gasteiger partial charge in [0.25, 0.3) is 0 Å². The molecule has 0 spiro atoms. The van der Waals surface area contributed by atoms with Crippen LogP contribution < -0.4 is 0 Å². The number of fused-ring (bicyclic) bond motifs is 4. The number of benzene rings is 9. The highest BCUT2D eigenvalue weighted by atomic mass is 14.2. The van der Waals surface area contributed by atoms with Crippen LogP contribution in [0.15, 0.2) is 181 Å². The summed E-state index contributed by atoms with van der Waals surface area (Å²) >= 11 is 0. The third-order valence-corrected chi connectivity index (χ3v) is 7.31. The monoisotopic (exact) mass is 612 g/mol. The minimum Gasteiger partial charge on any atom is -0.0622 e. The van der Waals surface area contributed by atoms with Crippen LogP contribution in [-0.2, 0) is 0 Å². The van der Waals surface area contributed by atoms with Crippen LogP contribution in [0.5, 0.6) is 0 Å². The molecule has 0 N–H and O–H groups in total. The van der Waals surface area contributed by atoms with E-state index < -0.39 is 269 Å². The molecule has 0 aliphatic heterocycles. The zero-order valence-electron chi connectivity index (χ0n) is 53.0. The molecule has 0 amide bonds. The van der Waals surface area contributed by atoms with E-state index in [1.54, 1.807) is 0 Å². The molecule has 0 bridgehead atoms. The van der Waals surface area contributed by atoms with Crippen molar-refractivity contribution in [2.75, 3.05) is 0 Å². The van der Waals surface area contributed by atoms with E-state index in [0.717, 1.165) is 0 Å². The summed E-state index contributed by atoms with van der Waals surface area (Å²) in [4.78, 5) is 0. The average molecular weight is 613 g/mol. The molecular weight excluding hydrogens is 553 g/mol. The number of rotatable bonds is 4. The van der Waals surface area contributed by atoms with Crippen LogP contribution in [0.2, 0.25) is 0 Å². The summed E-state index contributed by atoms with van der Waals surface area (Å²) in [5, 5.41) is -6.54. The molecule has 0 fully saturated rings. The first-order chi connectivity index (χ1) is 35.3. The van der Waals surface area contributed by atoms with E-state index in [1.165, 1.54) is 0 Å². The summed E-state index contributed by atoms with van der Waals surface area (Å²) in [6, 6.07) is -31.2. The van der Waals surface area contributed by atoms with Crippen molar-refractivity contribution in [1.82, 2.24) is 0 Å². The van der Waals surface area contributed by atoms with Gasteiger partial charge in [-0.25, -0.2) is 0 Å². The minimum absolute atomic E-state index is 0.690. The molecular formula is C46H30. The highest BCUT2D eigenvalue weighted by molar-refractivity contribution is 6.25. The van der Waals surface area contributed by atoms with E-state index in [0.29, 0.717) is 0 Å². The Kier molecular flexibility index (Phi) is 2.37. The van der Waals surface area contributed by atoms with E-state index >= 15 is 0 Å². The molecule has 0 heteroatoms. The van der Waals surface area contributed by atoms with E-state index in [4.69, 9.17) is 27.4 Å². The molecule has 0 saturated heterocycles. The maximum atomic E-state index is 10.3. The molecule has 0 nitrogen and oxygen atoms in total. The van der Waals surface area contributed by atoms with E-state index in [2.05, 4.69) is 0 Å². The van der Waals surface area contributed by atoms with E-state index in [-0.39, 0.29) is 0 Å². The zero-order valence-corrected chi connectivity index (χ0v) is 23.0. The highest BCUT2D eigenvalue weighted by Gasteiger charge is 2.20. The second-order valence-corrected chi connectivity index (χ2v) is 9.75. The topological polar surface area (TPSA) is 0 Å². The van der Waals surface area contributed by atoms with Crippen LogP contribution in [0.4, 0.5) is 0 Å². The normalized spacial score (nSPS) is 20.6. The SMILES string of the molecule is [2H]c1c([2H])c([2H])c(-c2c([2H])c([2H])c([2H])c([2H])c2-c2c3c([2H])c([2H])c([2H])c([2H])c3c(-c3c([2H])c([2H])c([2H])c4c([2H])c([2H])c([2H])c([2H])c34)c3c([2H])c(-c4c([2H])c([2H])c([2H])c5c([2H])c([2H])c([2H])c([2H])c45)c([2H])c([2H])c23)c([2H])c1[2H]. The largest absolute Gasteiger partial charge is 0.0636 e. The van der Waals surface area contributed by atoms with Crippen LogP contribution in [-0.4, -0.2) is 0 Å². The highest BCUT2D eigenvalue weighted by Crippen LogP contribution is 2.48. The fraction of sp³-hybridized carbons (Fsp3) is 0. The van der Waals surface area contributed by atoms with Crippen LogP contribution in [0.1, 0.15) is 41.1 Å². The Labute approximate surface area is 311 Å². The molecule has 46 heavy (non-hydrogen) atoms. The number of hydrogen-bond acceptors (Lipinski definition) is 0. The summed E-state index contributed by atoms with van der Waals surface area (Å²) in [6.07, 6.45) is 0. The van der Waals surface area contributed by atoms with Crippen LogP contribution >= 0.6 is 0 Å². The molecule has 0 atom stereocenters. The first-order valence-corrected chi connectivity index (χ1v) is 13.5. The van der Waals surface area contributed by atoms with Crippen molar-refractivity contribution in [2.24, 2.45) is 0 Å². The van der Waals surface area contributed by atoms with Crippen LogP contribution in [0.25, 0.3) is 87.6 Å². The first-order valence-electron chi connectivity index (χ1n) is 28.5. The van der Waals surface area contributed by atoms with Gasteiger partial charge in [-0.2, -0.15) is 0 Å². The smallest absolute Gasteiger partial charge is 0.0622 e. The zero-order chi connectivity index (χ0) is 56.6. The average Bonchev–Trinajstić information content (AvgIpc) is 3.39. The van der Waals surface area contributed by atoms with Crippen molar-refractivity contribution in [3.05, 3.63) is 181 Å². The van der Waals surface area contributed by atoms with Gasteiger partial charge in [-0.1, -0.05) is 175 Å². The van der Waals surface area contributed by atoms with Gasteiger partial charge in [0, 0.05) is 0 Å². The van der Waals surface area contributed by atoms with Crippen molar-refractivity contribution in [3.8, 4) is 44.5 Å². The fourth-order valence-electron chi connectivity index (χ4n) is 5.41. The summed E-state index contributed by atoms with van der Waals surface area (Å²) in [5.41, 5.74) is -7.25. The van der Waals surface area contributed by atoms with Gasteiger partial charge in [-0.05, 0) is 93.6 Å². The lowest BCUT2D eigenvalue weighted by atomic mass is 9.82. The summed E-state index contributed by atoms with van der Waals surface area (Å²) in [5.74, 6) is 0. The van der Waals surface area contributed by atoms with Gasteiger partial charge in [0.15, 0.2) is 0 Å². The molecule has 214 valence electrons. The predicted molar refractivity (Wildman–Crippen MR) is 198 cm³/mol. The van der Waals surface area contributed by atoms with E-state index in [9.17, 15) is 13.7 Å². The quantitative estimate of drug-likeness (QED) is 0.173. The molecule has 9 rings (SSSR count). The maximum absolute atomic E-state index is 10.3. The van der Waals surface area contributed by atoms with Crippen molar-refractivity contribution in [3.63, 3.8) is 0 Å². The molecule has 0 unspecified atom stereocenters. The standard InChI is InChI=1S/C46H30/c1-2-14-31(15-3-1)36-22-8-9-23-39(36)45-41-24-10-11-25-42(41)46(40-27-13-19-33-17-5-7-21-37(33)40)44-30-34(28-29-43(44)45)38-26-12-18-32-16-4-6-20-35(32)38/h1-30H/i1D,2D,3D,4D,5D,6D,7D,8D,9D,10D,11D,12D,13D,14D,15D,16D,17D,18D,19D,20D,21D,22D,23D,24D,25D,26D,27D,28D,29D,30D. The molecule has 0 heterocycles. The van der Waals surface area contributed by atoms with Gasteiger partial charge >= 0.3 is 0 Å². The van der Waals surface area contributed by atoms with Crippen molar-refractivity contribution >= 4 is 43.1 Å². The molecule has 9 aromatic rings. The van der Waals surface area contributed by atoms with Crippen LogP contribution in [0, 0.1) is 0 Å². The minimum atomic E-state index is -1.21. The van der Waals surface area contributed by atoms with Gasteiger partial charge in [0.1, 0.15) is 0 Å². The Bertz CT molecular complexity index is 4230. The van der Waals surface area contributed by atoms with Gasteiger partial charge in [-0.3, -0.25) is 0 Å². The van der Waals surface area contributed by atoms with E-state index in [1.807, 2.05) is 0 Å². The number of hydrogen-bond donors (Lipinski definition) is 0. The third-order valence-electron chi connectivity index (χ3n) is 7.31. The molecule has 0 saturated carbocycles. The molecule has 9 aromatic carbocycles. The van der Waals surface area contributed by atoms with Crippen molar-refractivity contribution in [1.29, 1.82) is 0 Å².